The number of rotatable bonds is 0. The molecular weight excluding hydrogens is 174 g/mol. The van der Waals surface area contributed by atoms with E-state index in [0.717, 1.165) is 16.7 Å². The molecule has 14 heavy (non-hydrogen) atoms. The van der Waals surface area contributed by atoms with E-state index in [0.29, 0.717) is 0 Å². The predicted molar refractivity (Wildman–Crippen MR) is 57.4 cm³/mol. The Morgan fingerprint density at radius 2 is 1.93 bits per heavy atom. The molecule has 0 saturated carbocycles. The standard InChI is InChI=1S/C12H15NO/c1-8-5-6-10-9(7-8)11(13-14-10)12(2,3)4/h5-7H,1-4H3. The lowest BCUT2D eigenvalue weighted by Crippen LogP contribution is -2.11. The Hall–Kier alpha value is -1.31. The van der Waals surface area contributed by atoms with Gasteiger partial charge in [0.05, 0.1) is 5.69 Å². The first-order chi connectivity index (χ1) is 6.48. The lowest BCUT2D eigenvalue weighted by molar-refractivity contribution is 0.419. The number of hydrogen-bond donors (Lipinski definition) is 0. The van der Waals surface area contributed by atoms with Gasteiger partial charge in [0.25, 0.3) is 0 Å². The number of fused-ring (bicyclic) bond motifs is 1. The highest BCUT2D eigenvalue weighted by molar-refractivity contribution is 5.81. The molecule has 0 atom stereocenters. The van der Waals surface area contributed by atoms with Gasteiger partial charge < -0.3 is 4.52 Å². The highest BCUT2D eigenvalue weighted by atomic mass is 16.5. The molecule has 1 aromatic carbocycles. The lowest BCUT2D eigenvalue weighted by atomic mass is 9.90. The van der Waals surface area contributed by atoms with Gasteiger partial charge in [0.1, 0.15) is 0 Å². The summed E-state index contributed by atoms with van der Waals surface area (Å²) < 4.78 is 5.28. The molecule has 0 spiro atoms. The zero-order valence-electron chi connectivity index (χ0n) is 9.09. The smallest absolute Gasteiger partial charge is 0.167 e. The van der Waals surface area contributed by atoms with Crippen LogP contribution in [0.1, 0.15) is 32.0 Å². The van der Waals surface area contributed by atoms with Gasteiger partial charge in [-0.3, -0.25) is 0 Å². The fourth-order valence-electron chi connectivity index (χ4n) is 1.59. The van der Waals surface area contributed by atoms with Crippen LogP contribution < -0.4 is 0 Å². The molecule has 0 saturated heterocycles. The van der Waals surface area contributed by atoms with E-state index in [2.05, 4.69) is 38.9 Å². The number of benzene rings is 1. The van der Waals surface area contributed by atoms with Crippen LogP contribution >= 0.6 is 0 Å². The van der Waals surface area contributed by atoms with E-state index in [1.807, 2.05) is 12.1 Å². The monoisotopic (exact) mass is 189 g/mol. The number of aromatic nitrogens is 1. The van der Waals surface area contributed by atoms with Gasteiger partial charge in [-0.25, -0.2) is 0 Å². The Kier molecular flexibility index (Phi) is 1.88. The average Bonchev–Trinajstić information content (AvgIpc) is 2.45. The second kappa shape index (κ2) is 2.84. The number of hydrogen-bond acceptors (Lipinski definition) is 2. The molecule has 0 aliphatic rings. The van der Waals surface area contributed by atoms with Crippen molar-refractivity contribution in [1.82, 2.24) is 5.16 Å². The molecule has 2 aromatic rings. The summed E-state index contributed by atoms with van der Waals surface area (Å²) in [6.45, 7) is 8.52. The van der Waals surface area contributed by atoms with Crippen LogP contribution in [0.25, 0.3) is 11.0 Å². The molecule has 2 heteroatoms. The van der Waals surface area contributed by atoms with Crippen molar-refractivity contribution < 1.29 is 4.52 Å². The van der Waals surface area contributed by atoms with Gasteiger partial charge in [-0.2, -0.15) is 0 Å². The Bertz CT molecular complexity index is 463. The van der Waals surface area contributed by atoms with E-state index in [1.165, 1.54) is 5.56 Å². The minimum absolute atomic E-state index is 0.0407. The van der Waals surface area contributed by atoms with Gasteiger partial charge in [0, 0.05) is 10.8 Å². The van der Waals surface area contributed by atoms with Crippen LogP contribution in [0.3, 0.4) is 0 Å². The summed E-state index contributed by atoms with van der Waals surface area (Å²) in [6, 6.07) is 6.15. The summed E-state index contributed by atoms with van der Waals surface area (Å²) in [4.78, 5) is 0. The van der Waals surface area contributed by atoms with Gasteiger partial charge in [-0.05, 0) is 19.1 Å². The zero-order valence-corrected chi connectivity index (χ0v) is 9.09. The summed E-state index contributed by atoms with van der Waals surface area (Å²) >= 11 is 0. The molecule has 0 aliphatic carbocycles. The molecule has 2 nitrogen and oxygen atoms in total. The van der Waals surface area contributed by atoms with Crippen LogP contribution in [0.15, 0.2) is 22.7 Å². The first-order valence-corrected chi connectivity index (χ1v) is 4.85. The van der Waals surface area contributed by atoms with E-state index in [4.69, 9.17) is 4.52 Å². The molecular formula is C12H15NO. The molecule has 1 aromatic heterocycles. The van der Waals surface area contributed by atoms with Crippen LogP contribution in [0.5, 0.6) is 0 Å². The zero-order chi connectivity index (χ0) is 10.3. The third-order valence-electron chi connectivity index (χ3n) is 2.34. The van der Waals surface area contributed by atoms with Crippen molar-refractivity contribution >= 4 is 11.0 Å². The van der Waals surface area contributed by atoms with Gasteiger partial charge in [-0.1, -0.05) is 37.6 Å². The molecule has 0 fully saturated rings. The van der Waals surface area contributed by atoms with Crippen molar-refractivity contribution in [3.63, 3.8) is 0 Å². The fraction of sp³-hybridized carbons (Fsp3) is 0.417. The SMILES string of the molecule is Cc1ccc2onc(C(C)(C)C)c2c1. The summed E-state index contributed by atoms with van der Waals surface area (Å²) in [7, 11) is 0. The Balaban J connectivity index is 2.73. The second-order valence-electron chi connectivity index (χ2n) is 4.78. The highest BCUT2D eigenvalue weighted by Crippen LogP contribution is 2.29. The first-order valence-electron chi connectivity index (χ1n) is 4.85. The van der Waals surface area contributed by atoms with Gasteiger partial charge in [0.15, 0.2) is 5.58 Å². The first kappa shape index (κ1) is 9.25. The summed E-state index contributed by atoms with van der Waals surface area (Å²) in [5, 5.41) is 5.27. The molecule has 1 heterocycles. The molecule has 0 amide bonds. The van der Waals surface area contributed by atoms with Gasteiger partial charge in [0.2, 0.25) is 0 Å². The number of aryl methyl sites for hydroxylation is 1. The van der Waals surface area contributed by atoms with E-state index in [-0.39, 0.29) is 5.41 Å². The van der Waals surface area contributed by atoms with Crippen molar-refractivity contribution in [3.05, 3.63) is 29.5 Å². The maximum Gasteiger partial charge on any atom is 0.167 e. The molecule has 74 valence electrons. The van der Waals surface area contributed by atoms with E-state index >= 15 is 0 Å². The Morgan fingerprint density at radius 1 is 1.21 bits per heavy atom. The quantitative estimate of drug-likeness (QED) is 0.634. The molecule has 0 bridgehead atoms. The van der Waals surface area contributed by atoms with E-state index < -0.39 is 0 Å². The van der Waals surface area contributed by atoms with Crippen LogP contribution in [0.2, 0.25) is 0 Å². The van der Waals surface area contributed by atoms with Crippen molar-refractivity contribution in [3.8, 4) is 0 Å². The molecule has 0 N–H and O–H groups in total. The highest BCUT2D eigenvalue weighted by Gasteiger charge is 2.21. The normalized spacial score (nSPS) is 12.3. The minimum atomic E-state index is 0.0407. The third kappa shape index (κ3) is 1.41. The van der Waals surface area contributed by atoms with E-state index in [9.17, 15) is 0 Å². The lowest BCUT2D eigenvalue weighted by Gasteiger charge is -2.14. The maximum atomic E-state index is 5.28. The summed E-state index contributed by atoms with van der Waals surface area (Å²) in [5.41, 5.74) is 3.20. The Labute approximate surface area is 83.9 Å². The molecule has 0 radical (unpaired) electrons. The predicted octanol–water partition coefficient (Wildman–Crippen LogP) is 3.43. The van der Waals surface area contributed by atoms with Crippen LogP contribution in [-0.2, 0) is 5.41 Å². The van der Waals surface area contributed by atoms with Gasteiger partial charge in [-0.15, -0.1) is 0 Å². The van der Waals surface area contributed by atoms with Crippen molar-refractivity contribution in [2.24, 2.45) is 0 Å². The van der Waals surface area contributed by atoms with Crippen LogP contribution in [-0.4, -0.2) is 5.16 Å². The summed E-state index contributed by atoms with van der Waals surface area (Å²) in [6.07, 6.45) is 0. The van der Waals surface area contributed by atoms with Crippen molar-refractivity contribution in [2.75, 3.05) is 0 Å². The average molecular weight is 189 g/mol. The third-order valence-corrected chi connectivity index (χ3v) is 2.34. The second-order valence-corrected chi connectivity index (χ2v) is 4.78. The van der Waals surface area contributed by atoms with Crippen molar-refractivity contribution in [2.45, 2.75) is 33.1 Å². The topological polar surface area (TPSA) is 26.0 Å². The Morgan fingerprint density at radius 3 is 2.57 bits per heavy atom. The van der Waals surface area contributed by atoms with Crippen molar-refractivity contribution in [1.29, 1.82) is 0 Å². The number of nitrogens with zero attached hydrogens (tertiary/aromatic N) is 1. The van der Waals surface area contributed by atoms with Crippen LogP contribution in [0, 0.1) is 6.92 Å². The maximum absolute atomic E-state index is 5.28. The minimum Gasteiger partial charge on any atom is -0.356 e. The summed E-state index contributed by atoms with van der Waals surface area (Å²) in [5.74, 6) is 0. The fourth-order valence-corrected chi connectivity index (χ4v) is 1.59. The molecule has 0 aliphatic heterocycles. The van der Waals surface area contributed by atoms with Crippen LogP contribution in [0.4, 0.5) is 0 Å². The van der Waals surface area contributed by atoms with E-state index in [1.54, 1.807) is 0 Å². The van der Waals surface area contributed by atoms with Gasteiger partial charge >= 0.3 is 0 Å². The molecule has 2 rings (SSSR count). The molecule has 0 unspecified atom stereocenters. The largest absolute Gasteiger partial charge is 0.356 e.